The Morgan fingerprint density at radius 1 is 0.818 bits per heavy atom. The molecule has 1 amide bonds. The van der Waals surface area contributed by atoms with Crippen LogP contribution < -0.4 is 5.32 Å². The largest absolute Gasteiger partial charge is 0.339 e. The second-order valence-corrected chi connectivity index (χ2v) is 8.76. The molecule has 2 aromatic carbocycles. The standard InChI is InChI=1S/C27H39N3O.C2H6/c1-3-11-23(12-4-2)22-29-17-19-30(20-18-29)26(31)21-28-27(24-13-7-5-8-14-24)25-15-9-6-10-16-25;1-2/h5-10,13-16,23,27-28H,3-4,11-12,17-22H2,1-2H3;1-2H3. The van der Waals surface area contributed by atoms with Crippen molar-refractivity contribution in [2.45, 2.75) is 59.4 Å². The normalized spacial score (nSPS) is 14.3. The Morgan fingerprint density at radius 3 is 1.76 bits per heavy atom. The molecule has 1 saturated heterocycles. The molecular weight excluding hydrogens is 406 g/mol. The minimum atomic E-state index is 0.0245. The molecule has 33 heavy (non-hydrogen) atoms. The Morgan fingerprint density at radius 2 is 1.30 bits per heavy atom. The molecule has 4 heteroatoms. The highest BCUT2D eigenvalue weighted by Crippen LogP contribution is 2.22. The van der Waals surface area contributed by atoms with Crippen molar-refractivity contribution in [1.29, 1.82) is 0 Å². The molecule has 1 heterocycles. The van der Waals surface area contributed by atoms with E-state index in [9.17, 15) is 4.79 Å². The number of nitrogens with zero attached hydrogens (tertiary/aromatic N) is 2. The number of piperazine rings is 1. The topological polar surface area (TPSA) is 35.6 Å². The lowest BCUT2D eigenvalue weighted by Crippen LogP contribution is -2.51. The fourth-order valence-corrected chi connectivity index (χ4v) is 4.71. The van der Waals surface area contributed by atoms with Crippen molar-refractivity contribution in [1.82, 2.24) is 15.1 Å². The van der Waals surface area contributed by atoms with Crippen LogP contribution in [0, 0.1) is 5.92 Å². The number of carbonyl (C=O) groups is 1. The zero-order chi connectivity index (χ0) is 23.9. The third kappa shape index (κ3) is 8.94. The number of carbonyl (C=O) groups excluding carboxylic acids is 1. The summed E-state index contributed by atoms with van der Waals surface area (Å²) >= 11 is 0. The second kappa shape index (κ2) is 15.6. The van der Waals surface area contributed by atoms with E-state index in [-0.39, 0.29) is 11.9 Å². The minimum Gasteiger partial charge on any atom is -0.339 e. The molecule has 0 unspecified atom stereocenters. The Kier molecular flexibility index (Phi) is 12.8. The third-order valence-corrected chi connectivity index (χ3v) is 6.36. The van der Waals surface area contributed by atoms with Gasteiger partial charge in [-0.15, -0.1) is 0 Å². The van der Waals surface area contributed by atoms with Gasteiger partial charge in [-0.3, -0.25) is 15.0 Å². The van der Waals surface area contributed by atoms with Crippen LogP contribution in [0.1, 0.15) is 70.5 Å². The van der Waals surface area contributed by atoms with Gasteiger partial charge in [-0.05, 0) is 29.9 Å². The van der Waals surface area contributed by atoms with Crippen molar-refractivity contribution in [2.75, 3.05) is 39.3 Å². The third-order valence-electron chi connectivity index (χ3n) is 6.36. The van der Waals surface area contributed by atoms with E-state index in [0.717, 1.165) is 32.1 Å². The molecule has 182 valence electrons. The number of amides is 1. The van der Waals surface area contributed by atoms with E-state index < -0.39 is 0 Å². The van der Waals surface area contributed by atoms with Gasteiger partial charge < -0.3 is 4.90 Å². The average molecular weight is 452 g/mol. The van der Waals surface area contributed by atoms with Gasteiger partial charge in [0.2, 0.25) is 5.91 Å². The number of nitrogens with one attached hydrogen (secondary N) is 1. The molecule has 0 radical (unpaired) electrons. The fraction of sp³-hybridized carbons (Fsp3) is 0.552. The summed E-state index contributed by atoms with van der Waals surface area (Å²) in [6.45, 7) is 13.8. The first kappa shape index (κ1) is 27.1. The molecule has 4 nitrogen and oxygen atoms in total. The Hall–Kier alpha value is -2.17. The summed E-state index contributed by atoms with van der Waals surface area (Å²) in [5.74, 6) is 1.01. The molecule has 0 spiro atoms. The molecule has 3 rings (SSSR count). The summed E-state index contributed by atoms with van der Waals surface area (Å²) in [5.41, 5.74) is 2.37. The molecule has 0 aromatic heterocycles. The smallest absolute Gasteiger partial charge is 0.236 e. The highest BCUT2D eigenvalue weighted by molar-refractivity contribution is 5.78. The SMILES string of the molecule is CC.CCCC(CCC)CN1CCN(C(=O)CNC(c2ccccc2)c2ccccc2)CC1. The summed E-state index contributed by atoms with van der Waals surface area (Å²) in [4.78, 5) is 17.5. The van der Waals surface area contributed by atoms with Crippen LogP contribution in [-0.4, -0.2) is 55.0 Å². The Labute approximate surface area is 202 Å². The van der Waals surface area contributed by atoms with Crippen molar-refractivity contribution in [2.24, 2.45) is 5.92 Å². The maximum absolute atomic E-state index is 12.9. The predicted molar refractivity (Wildman–Crippen MR) is 140 cm³/mol. The van der Waals surface area contributed by atoms with Gasteiger partial charge in [0.1, 0.15) is 0 Å². The van der Waals surface area contributed by atoms with Gasteiger partial charge in [0.15, 0.2) is 0 Å². The fourth-order valence-electron chi connectivity index (χ4n) is 4.71. The van der Waals surface area contributed by atoms with Gasteiger partial charge in [-0.1, -0.05) is 101 Å². The summed E-state index contributed by atoms with van der Waals surface area (Å²) in [5, 5.41) is 3.52. The average Bonchev–Trinajstić information content (AvgIpc) is 2.87. The van der Waals surface area contributed by atoms with E-state index in [0.29, 0.717) is 6.54 Å². The molecule has 0 saturated carbocycles. The highest BCUT2D eigenvalue weighted by atomic mass is 16.2. The number of rotatable bonds is 11. The quantitative estimate of drug-likeness (QED) is 0.472. The van der Waals surface area contributed by atoms with Gasteiger partial charge >= 0.3 is 0 Å². The molecule has 1 N–H and O–H groups in total. The van der Waals surface area contributed by atoms with Gasteiger partial charge in [0.05, 0.1) is 12.6 Å². The Balaban J connectivity index is 0.00000187. The number of benzene rings is 2. The molecule has 1 aliphatic rings. The lowest BCUT2D eigenvalue weighted by atomic mass is 9.97. The van der Waals surface area contributed by atoms with Crippen molar-refractivity contribution >= 4 is 5.91 Å². The summed E-state index contributed by atoms with van der Waals surface area (Å²) < 4.78 is 0. The van der Waals surface area contributed by atoms with Crippen molar-refractivity contribution in [3.05, 3.63) is 71.8 Å². The van der Waals surface area contributed by atoms with E-state index in [1.54, 1.807) is 0 Å². The van der Waals surface area contributed by atoms with E-state index in [2.05, 4.69) is 72.6 Å². The van der Waals surface area contributed by atoms with Gasteiger partial charge in [0, 0.05) is 32.7 Å². The van der Waals surface area contributed by atoms with Crippen LogP contribution in [0.3, 0.4) is 0 Å². The molecule has 1 aliphatic heterocycles. The van der Waals surface area contributed by atoms with Crippen LogP contribution in [0.5, 0.6) is 0 Å². The second-order valence-electron chi connectivity index (χ2n) is 8.76. The number of hydrogen-bond donors (Lipinski definition) is 1. The van der Waals surface area contributed by atoms with E-state index in [4.69, 9.17) is 0 Å². The van der Waals surface area contributed by atoms with Gasteiger partial charge in [0.25, 0.3) is 0 Å². The van der Waals surface area contributed by atoms with Crippen molar-refractivity contribution in [3.63, 3.8) is 0 Å². The van der Waals surface area contributed by atoms with E-state index in [1.165, 1.54) is 43.4 Å². The molecular formula is C29H45N3O. The summed E-state index contributed by atoms with van der Waals surface area (Å²) in [7, 11) is 0. The zero-order valence-corrected chi connectivity index (χ0v) is 21.3. The van der Waals surface area contributed by atoms with Gasteiger partial charge in [-0.2, -0.15) is 0 Å². The molecule has 2 aromatic rings. The first-order valence-corrected chi connectivity index (χ1v) is 13.0. The van der Waals surface area contributed by atoms with E-state index in [1.807, 2.05) is 30.9 Å². The van der Waals surface area contributed by atoms with Crippen LogP contribution >= 0.6 is 0 Å². The first-order chi connectivity index (χ1) is 16.2. The number of hydrogen-bond acceptors (Lipinski definition) is 3. The van der Waals surface area contributed by atoms with Gasteiger partial charge in [-0.25, -0.2) is 0 Å². The zero-order valence-electron chi connectivity index (χ0n) is 21.3. The first-order valence-electron chi connectivity index (χ1n) is 13.0. The van der Waals surface area contributed by atoms with E-state index >= 15 is 0 Å². The maximum Gasteiger partial charge on any atom is 0.236 e. The lowest BCUT2D eigenvalue weighted by Gasteiger charge is -2.37. The summed E-state index contributed by atoms with van der Waals surface area (Å²) in [6.07, 6.45) is 5.16. The molecule has 0 atom stereocenters. The predicted octanol–water partition coefficient (Wildman–Crippen LogP) is 5.75. The van der Waals surface area contributed by atoms with Crippen molar-refractivity contribution < 1.29 is 4.79 Å². The van der Waals surface area contributed by atoms with Crippen molar-refractivity contribution in [3.8, 4) is 0 Å². The minimum absolute atomic E-state index is 0.0245. The molecule has 0 bridgehead atoms. The Bertz CT molecular complexity index is 711. The van der Waals surface area contributed by atoms with Crippen LogP contribution in [0.15, 0.2) is 60.7 Å². The maximum atomic E-state index is 12.9. The van der Waals surface area contributed by atoms with Crippen LogP contribution in [0.25, 0.3) is 0 Å². The molecule has 0 aliphatic carbocycles. The molecule has 1 fully saturated rings. The summed E-state index contributed by atoms with van der Waals surface area (Å²) in [6, 6.07) is 20.8. The highest BCUT2D eigenvalue weighted by Gasteiger charge is 2.23. The van der Waals surface area contributed by atoms with Crippen LogP contribution in [0.2, 0.25) is 0 Å². The van der Waals surface area contributed by atoms with Crippen LogP contribution in [-0.2, 0) is 4.79 Å². The van der Waals surface area contributed by atoms with Crippen LogP contribution in [0.4, 0.5) is 0 Å². The lowest BCUT2D eigenvalue weighted by molar-refractivity contribution is -0.132. The monoisotopic (exact) mass is 451 g/mol.